The van der Waals surface area contributed by atoms with Crippen LogP contribution in [0.15, 0.2) is 24.3 Å². The molecular formula is C28H52P2. The highest BCUT2D eigenvalue weighted by Crippen LogP contribution is 2.50. The van der Waals surface area contributed by atoms with Crippen molar-refractivity contribution in [3.63, 3.8) is 0 Å². The molecule has 0 bridgehead atoms. The molecule has 0 fully saturated rings. The Morgan fingerprint density at radius 3 is 1.00 bits per heavy atom. The SMILES string of the molecule is CC(C)(C)CP(Cc1cccc(CP(CC(C)(C)C)CC(C)(C)C)c1)CC(C)(C)C. The molecule has 0 aliphatic heterocycles. The van der Waals surface area contributed by atoms with Gasteiger partial charge < -0.3 is 0 Å². The Morgan fingerprint density at radius 1 is 0.500 bits per heavy atom. The van der Waals surface area contributed by atoms with E-state index in [9.17, 15) is 0 Å². The van der Waals surface area contributed by atoms with Crippen molar-refractivity contribution in [1.29, 1.82) is 0 Å². The molecule has 0 saturated carbocycles. The molecule has 30 heavy (non-hydrogen) atoms. The van der Waals surface area contributed by atoms with Crippen LogP contribution in [0.3, 0.4) is 0 Å². The van der Waals surface area contributed by atoms with E-state index in [1.165, 1.54) is 37.0 Å². The Balaban J connectivity index is 2.99. The number of hydrogen-bond donors (Lipinski definition) is 0. The maximum atomic E-state index is 2.56. The minimum atomic E-state index is 0.0152. The lowest BCUT2D eigenvalue weighted by Crippen LogP contribution is -2.18. The third-order valence-corrected chi connectivity index (χ3v) is 11.8. The summed E-state index contributed by atoms with van der Waals surface area (Å²) < 4.78 is 0. The van der Waals surface area contributed by atoms with Gasteiger partial charge in [-0.3, -0.25) is 0 Å². The van der Waals surface area contributed by atoms with Crippen molar-refractivity contribution in [2.75, 3.05) is 24.6 Å². The number of benzene rings is 1. The van der Waals surface area contributed by atoms with Crippen molar-refractivity contribution in [1.82, 2.24) is 0 Å². The Hall–Kier alpha value is 0.0800. The third-order valence-electron chi connectivity index (χ3n) is 4.60. The Labute approximate surface area is 192 Å². The van der Waals surface area contributed by atoms with Crippen molar-refractivity contribution in [2.45, 2.75) is 95.4 Å². The molecule has 0 saturated heterocycles. The van der Waals surface area contributed by atoms with Gasteiger partial charge in [-0.2, -0.15) is 0 Å². The summed E-state index contributed by atoms with van der Waals surface area (Å²) in [4.78, 5) is 0. The van der Waals surface area contributed by atoms with Crippen LogP contribution in [0.5, 0.6) is 0 Å². The minimum absolute atomic E-state index is 0.0152. The summed E-state index contributed by atoms with van der Waals surface area (Å²) in [6.45, 7) is 28.9. The summed E-state index contributed by atoms with van der Waals surface area (Å²) in [5.74, 6) is 0. The molecule has 0 aromatic heterocycles. The van der Waals surface area contributed by atoms with Gasteiger partial charge in [0, 0.05) is 0 Å². The van der Waals surface area contributed by atoms with E-state index in [0.29, 0.717) is 21.7 Å². The fraction of sp³-hybridized carbons (Fsp3) is 0.786. The first kappa shape index (κ1) is 28.1. The number of rotatable bonds is 8. The van der Waals surface area contributed by atoms with Crippen LogP contribution >= 0.6 is 15.8 Å². The van der Waals surface area contributed by atoms with Crippen LogP contribution in [-0.4, -0.2) is 24.6 Å². The van der Waals surface area contributed by atoms with Gasteiger partial charge in [0.15, 0.2) is 0 Å². The van der Waals surface area contributed by atoms with Gasteiger partial charge in [-0.1, -0.05) is 107 Å². The molecule has 1 rings (SSSR count). The molecule has 2 heteroatoms. The average molecular weight is 451 g/mol. The van der Waals surface area contributed by atoms with Crippen LogP contribution in [0.2, 0.25) is 0 Å². The predicted octanol–water partition coefficient (Wildman–Crippen LogP) is 9.83. The molecule has 0 heterocycles. The van der Waals surface area contributed by atoms with Crippen molar-refractivity contribution in [3.8, 4) is 0 Å². The van der Waals surface area contributed by atoms with Crippen molar-refractivity contribution >= 4 is 15.8 Å². The zero-order chi connectivity index (χ0) is 23.4. The maximum Gasteiger partial charge on any atom is -0.00726 e. The Morgan fingerprint density at radius 2 is 0.767 bits per heavy atom. The van der Waals surface area contributed by atoms with E-state index in [-0.39, 0.29) is 15.8 Å². The first-order chi connectivity index (χ1) is 13.3. The van der Waals surface area contributed by atoms with Gasteiger partial charge in [-0.15, -0.1) is 15.8 Å². The van der Waals surface area contributed by atoms with Gasteiger partial charge in [0.2, 0.25) is 0 Å². The van der Waals surface area contributed by atoms with Crippen LogP contribution in [-0.2, 0) is 12.3 Å². The lowest BCUT2D eigenvalue weighted by molar-refractivity contribution is 0.457. The van der Waals surface area contributed by atoms with Crippen molar-refractivity contribution < 1.29 is 0 Å². The Bertz CT molecular complexity index is 547. The van der Waals surface area contributed by atoms with E-state index in [1.54, 1.807) is 11.1 Å². The zero-order valence-corrected chi connectivity index (χ0v) is 24.2. The summed E-state index contributed by atoms with van der Waals surface area (Å²) in [7, 11) is 0.0305. The topological polar surface area (TPSA) is 0 Å². The zero-order valence-electron chi connectivity index (χ0n) is 22.4. The lowest BCUT2D eigenvalue weighted by atomic mass is 10.00. The van der Waals surface area contributed by atoms with Crippen LogP contribution < -0.4 is 0 Å². The molecule has 0 radical (unpaired) electrons. The van der Waals surface area contributed by atoms with Gasteiger partial charge in [-0.25, -0.2) is 0 Å². The fourth-order valence-electron chi connectivity index (χ4n) is 4.36. The molecule has 0 N–H and O–H groups in total. The summed E-state index contributed by atoms with van der Waals surface area (Å²) in [5, 5.41) is 0. The normalized spacial score (nSPS) is 14.1. The highest BCUT2D eigenvalue weighted by atomic mass is 31.1. The number of hydrogen-bond acceptors (Lipinski definition) is 0. The van der Waals surface area contributed by atoms with E-state index in [4.69, 9.17) is 0 Å². The van der Waals surface area contributed by atoms with Crippen LogP contribution in [0.1, 0.15) is 94.2 Å². The molecular weight excluding hydrogens is 398 g/mol. The standard InChI is InChI=1S/C28H52P2/c1-25(2,3)19-29(20-26(4,5)6)17-23-14-13-15-24(16-23)18-30(21-27(7,8)9)22-28(10,11)12/h13-16H,17-22H2,1-12H3. The first-order valence-electron chi connectivity index (χ1n) is 11.8. The smallest absolute Gasteiger partial charge is 0.00726 e. The maximum absolute atomic E-state index is 2.56. The predicted molar refractivity (Wildman–Crippen MR) is 145 cm³/mol. The van der Waals surface area contributed by atoms with E-state index < -0.39 is 0 Å². The average Bonchev–Trinajstić information content (AvgIpc) is 2.39. The monoisotopic (exact) mass is 450 g/mol. The minimum Gasteiger partial charge on any atom is -0.101 e. The molecule has 0 aliphatic carbocycles. The first-order valence-corrected chi connectivity index (χ1v) is 15.6. The molecule has 0 amide bonds. The second kappa shape index (κ2) is 10.8. The summed E-state index contributed by atoms with van der Waals surface area (Å²) >= 11 is 0. The van der Waals surface area contributed by atoms with Gasteiger partial charge in [0.1, 0.15) is 0 Å². The van der Waals surface area contributed by atoms with Gasteiger partial charge in [0.25, 0.3) is 0 Å². The summed E-state index contributed by atoms with van der Waals surface area (Å²) in [5.41, 5.74) is 4.83. The van der Waals surface area contributed by atoms with Crippen LogP contribution in [0.25, 0.3) is 0 Å². The molecule has 0 aliphatic rings. The molecule has 1 aromatic rings. The highest BCUT2D eigenvalue weighted by molar-refractivity contribution is 7.57. The van der Waals surface area contributed by atoms with E-state index in [0.717, 1.165) is 0 Å². The second-order valence-electron chi connectivity index (χ2n) is 14.4. The largest absolute Gasteiger partial charge is 0.101 e. The quantitative estimate of drug-likeness (QED) is 0.346. The van der Waals surface area contributed by atoms with Crippen molar-refractivity contribution in [3.05, 3.63) is 35.4 Å². The fourth-order valence-corrected chi connectivity index (χ4v) is 11.8. The molecule has 0 unspecified atom stereocenters. The van der Waals surface area contributed by atoms with E-state index in [1.807, 2.05) is 0 Å². The van der Waals surface area contributed by atoms with Crippen LogP contribution in [0.4, 0.5) is 0 Å². The summed E-state index contributed by atoms with van der Waals surface area (Å²) in [6, 6.07) is 9.66. The lowest BCUT2D eigenvalue weighted by Gasteiger charge is -2.32. The molecule has 1 aromatic carbocycles. The highest BCUT2D eigenvalue weighted by Gasteiger charge is 2.25. The van der Waals surface area contributed by atoms with Crippen molar-refractivity contribution in [2.24, 2.45) is 21.7 Å². The van der Waals surface area contributed by atoms with E-state index >= 15 is 0 Å². The molecule has 0 spiro atoms. The molecule has 0 atom stereocenters. The molecule has 174 valence electrons. The van der Waals surface area contributed by atoms with Gasteiger partial charge in [0.05, 0.1) is 0 Å². The van der Waals surface area contributed by atoms with E-state index in [2.05, 4.69) is 107 Å². The van der Waals surface area contributed by atoms with Gasteiger partial charge >= 0.3 is 0 Å². The second-order valence-corrected chi connectivity index (χ2v) is 18.9. The summed E-state index contributed by atoms with van der Waals surface area (Å²) in [6.07, 6.45) is 8.03. The van der Waals surface area contributed by atoms with Gasteiger partial charge in [-0.05, 0) is 69.8 Å². The Kier molecular flexibility index (Phi) is 10.1. The third kappa shape index (κ3) is 14.2. The molecule has 0 nitrogen and oxygen atoms in total. The van der Waals surface area contributed by atoms with Crippen LogP contribution in [0, 0.1) is 21.7 Å².